The van der Waals surface area contributed by atoms with Crippen LogP contribution in [0.3, 0.4) is 0 Å². The Balaban J connectivity index is 1.06. The number of allylic oxidation sites excluding steroid dienone is 5. The summed E-state index contributed by atoms with van der Waals surface area (Å²) in [6, 6.07) is 46.7. The molecule has 1 aromatic heterocycles. The van der Waals surface area contributed by atoms with Gasteiger partial charge in [0.25, 0.3) is 0 Å². The van der Waals surface area contributed by atoms with Crippen molar-refractivity contribution in [2.75, 3.05) is 4.90 Å². The molecule has 1 heterocycles. The molecular formula is C45H38N2. The lowest BCUT2D eigenvalue weighted by molar-refractivity contribution is 0.606. The predicted molar refractivity (Wildman–Crippen MR) is 198 cm³/mol. The van der Waals surface area contributed by atoms with Gasteiger partial charge < -0.3 is 9.47 Å². The smallest absolute Gasteiger partial charge is 0.0560 e. The summed E-state index contributed by atoms with van der Waals surface area (Å²) >= 11 is 0. The zero-order chi connectivity index (χ0) is 31.5. The molecule has 0 amide bonds. The van der Waals surface area contributed by atoms with Crippen molar-refractivity contribution < 1.29 is 0 Å². The average molecular weight is 607 g/mol. The van der Waals surface area contributed by atoms with Crippen LogP contribution in [-0.2, 0) is 5.41 Å². The van der Waals surface area contributed by atoms with Crippen LogP contribution in [-0.4, -0.2) is 10.6 Å². The van der Waals surface area contributed by atoms with Gasteiger partial charge >= 0.3 is 0 Å². The lowest BCUT2D eigenvalue weighted by Crippen LogP contribution is -2.34. The molecule has 47 heavy (non-hydrogen) atoms. The Morgan fingerprint density at radius 2 is 1.40 bits per heavy atom. The van der Waals surface area contributed by atoms with Crippen LogP contribution >= 0.6 is 0 Å². The maximum absolute atomic E-state index is 2.56. The Kier molecular flexibility index (Phi) is 6.47. The highest BCUT2D eigenvalue weighted by molar-refractivity contribution is 6.10. The molecule has 2 heteroatoms. The van der Waals surface area contributed by atoms with E-state index in [1.807, 2.05) is 0 Å². The fourth-order valence-corrected chi connectivity index (χ4v) is 8.43. The van der Waals surface area contributed by atoms with Crippen LogP contribution in [0, 0.1) is 0 Å². The molecule has 3 aliphatic carbocycles. The molecule has 0 radical (unpaired) electrons. The van der Waals surface area contributed by atoms with Gasteiger partial charge in [0.05, 0.1) is 17.1 Å². The second kappa shape index (κ2) is 10.9. The van der Waals surface area contributed by atoms with Crippen LogP contribution in [0.5, 0.6) is 0 Å². The summed E-state index contributed by atoms with van der Waals surface area (Å²) in [5.74, 6) is 0.471. The highest BCUT2D eigenvalue weighted by atomic mass is 15.2. The second-order valence-electron chi connectivity index (χ2n) is 13.7. The van der Waals surface area contributed by atoms with Crippen LogP contribution in [0.1, 0.15) is 49.3 Å². The lowest BCUT2D eigenvalue weighted by Gasteiger charge is -2.37. The lowest BCUT2D eigenvalue weighted by atomic mass is 9.78. The molecule has 2 atom stereocenters. The van der Waals surface area contributed by atoms with Gasteiger partial charge in [0.1, 0.15) is 0 Å². The van der Waals surface area contributed by atoms with E-state index in [0.29, 0.717) is 5.92 Å². The maximum Gasteiger partial charge on any atom is 0.0560 e. The molecule has 2 nitrogen and oxygen atoms in total. The quantitative estimate of drug-likeness (QED) is 0.190. The molecule has 0 N–H and O–H groups in total. The fraction of sp³-hybridized carbons (Fsp3) is 0.156. The minimum absolute atomic E-state index is 0.0287. The van der Waals surface area contributed by atoms with Crippen molar-refractivity contribution in [3.8, 4) is 5.69 Å². The van der Waals surface area contributed by atoms with Gasteiger partial charge in [-0.1, -0.05) is 129 Å². The van der Waals surface area contributed by atoms with Gasteiger partial charge in [-0.2, -0.15) is 0 Å². The zero-order valence-electron chi connectivity index (χ0n) is 27.0. The normalized spacial score (nSPS) is 19.6. The van der Waals surface area contributed by atoms with E-state index in [1.54, 1.807) is 0 Å². The van der Waals surface area contributed by atoms with Crippen molar-refractivity contribution in [1.29, 1.82) is 0 Å². The van der Waals surface area contributed by atoms with Crippen molar-refractivity contribution in [1.82, 2.24) is 4.57 Å². The molecule has 5 aromatic carbocycles. The molecular weight excluding hydrogens is 569 g/mol. The number of hydrogen-bond donors (Lipinski definition) is 0. The van der Waals surface area contributed by atoms with Crippen molar-refractivity contribution in [2.24, 2.45) is 0 Å². The first-order valence-corrected chi connectivity index (χ1v) is 16.9. The third-order valence-corrected chi connectivity index (χ3v) is 10.7. The Hall–Kier alpha value is -5.34. The topological polar surface area (TPSA) is 8.17 Å². The zero-order valence-corrected chi connectivity index (χ0v) is 27.0. The highest BCUT2D eigenvalue weighted by Crippen LogP contribution is 2.54. The maximum atomic E-state index is 2.56. The second-order valence-corrected chi connectivity index (χ2v) is 13.7. The molecule has 0 aliphatic heterocycles. The molecule has 6 aromatic rings. The summed E-state index contributed by atoms with van der Waals surface area (Å²) in [4.78, 5) is 2.56. The summed E-state index contributed by atoms with van der Waals surface area (Å²) in [6.45, 7) is 4.80. The first-order valence-electron chi connectivity index (χ1n) is 16.9. The molecule has 0 saturated heterocycles. The van der Waals surface area contributed by atoms with E-state index >= 15 is 0 Å². The van der Waals surface area contributed by atoms with Crippen LogP contribution in [0.25, 0.3) is 33.1 Å². The highest BCUT2D eigenvalue weighted by Gasteiger charge is 2.42. The van der Waals surface area contributed by atoms with Crippen LogP contribution < -0.4 is 4.90 Å². The van der Waals surface area contributed by atoms with Crippen molar-refractivity contribution in [2.45, 2.75) is 44.1 Å². The van der Waals surface area contributed by atoms with E-state index < -0.39 is 0 Å². The molecule has 228 valence electrons. The van der Waals surface area contributed by atoms with E-state index in [9.17, 15) is 0 Å². The summed E-state index contributed by atoms with van der Waals surface area (Å²) in [6.07, 6.45) is 14.2. The molecule has 0 bridgehead atoms. The molecule has 0 fully saturated rings. The molecule has 0 spiro atoms. The van der Waals surface area contributed by atoms with Crippen LogP contribution in [0.2, 0.25) is 0 Å². The van der Waals surface area contributed by atoms with Crippen molar-refractivity contribution >= 4 is 33.1 Å². The van der Waals surface area contributed by atoms with E-state index in [-0.39, 0.29) is 11.5 Å². The van der Waals surface area contributed by atoms with Gasteiger partial charge in [-0.3, -0.25) is 0 Å². The predicted octanol–water partition coefficient (Wildman–Crippen LogP) is 11.3. The number of nitrogens with zero attached hydrogens (tertiary/aromatic N) is 2. The number of rotatable bonds is 5. The molecule has 3 aliphatic rings. The number of hydrogen-bond acceptors (Lipinski definition) is 1. The Morgan fingerprint density at radius 3 is 2.21 bits per heavy atom. The number of anilines is 1. The van der Waals surface area contributed by atoms with Gasteiger partial charge in [0, 0.05) is 39.2 Å². The summed E-state index contributed by atoms with van der Waals surface area (Å²) in [7, 11) is 0. The van der Waals surface area contributed by atoms with Gasteiger partial charge in [-0.05, 0) is 83.6 Å². The summed E-state index contributed by atoms with van der Waals surface area (Å²) in [5, 5.41) is 2.58. The van der Waals surface area contributed by atoms with Gasteiger partial charge in [-0.25, -0.2) is 0 Å². The fourth-order valence-electron chi connectivity index (χ4n) is 8.43. The third kappa shape index (κ3) is 4.47. The number of aromatic nitrogens is 1. The molecule has 2 unspecified atom stereocenters. The molecule has 9 rings (SSSR count). The summed E-state index contributed by atoms with van der Waals surface area (Å²) < 4.78 is 2.38. The number of fused-ring (bicyclic) bond motifs is 6. The van der Waals surface area contributed by atoms with Gasteiger partial charge in [-0.15, -0.1) is 0 Å². The largest absolute Gasteiger partial charge is 0.335 e. The Morgan fingerprint density at radius 1 is 0.681 bits per heavy atom. The summed E-state index contributed by atoms with van der Waals surface area (Å²) in [5.41, 5.74) is 13.3. The number of para-hydroxylation sites is 3. The molecule has 0 saturated carbocycles. The van der Waals surface area contributed by atoms with E-state index in [2.05, 4.69) is 181 Å². The third-order valence-electron chi connectivity index (χ3n) is 10.7. The monoisotopic (exact) mass is 606 g/mol. The van der Waals surface area contributed by atoms with E-state index in [0.717, 1.165) is 12.8 Å². The van der Waals surface area contributed by atoms with Gasteiger partial charge in [0.2, 0.25) is 0 Å². The van der Waals surface area contributed by atoms with Gasteiger partial charge in [0.15, 0.2) is 0 Å². The van der Waals surface area contributed by atoms with Crippen LogP contribution in [0.4, 0.5) is 5.69 Å². The minimum atomic E-state index is 0.0287. The first-order chi connectivity index (χ1) is 23.1. The van der Waals surface area contributed by atoms with Crippen LogP contribution in [0.15, 0.2) is 169 Å². The number of benzene rings is 5. The minimum Gasteiger partial charge on any atom is -0.335 e. The van der Waals surface area contributed by atoms with Crippen molar-refractivity contribution in [3.05, 3.63) is 186 Å². The van der Waals surface area contributed by atoms with E-state index in [4.69, 9.17) is 0 Å². The SMILES string of the molecule is CC1(C)C2=CC(N(c3ccccc3)C3C=CC(c4ccc5c(c4)c4ccccc4n5-c4ccccc4)=CC3)=CCC2c2ccccc21. The Labute approximate surface area is 277 Å². The first kappa shape index (κ1) is 27.9. The van der Waals surface area contributed by atoms with E-state index in [1.165, 1.54) is 66.7 Å². The Bertz CT molecular complexity index is 2280. The van der Waals surface area contributed by atoms with Crippen molar-refractivity contribution in [3.63, 3.8) is 0 Å². The average Bonchev–Trinajstić information content (AvgIpc) is 3.58. The standard InChI is InChI=1S/C45H38N2/c1-45(2)41-19-11-9-17-37(41)38-27-26-36(30-42(38)45)46(33-13-5-3-6-14-33)35-24-21-31(22-25-35)32-23-28-44-40(29-32)39-18-10-12-20-43(39)47(44)34-15-7-4-8-16-34/h3-24,26,28-30,35,38H,25,27H2,1-2H3.